The summed E-state index contributed by atoms with van der Waals surface area (Å²) in [7, 11) is 0. The van der Waals surface area contributed by atoms with Crippen LogP contribution in [-0.4, -0.2) is 16.8 Å². The molecule has 0 saturated heterocycles. The van der Waals surface area contributed by atoms with E-state index in [9.17, 15) is 9.59 Å². The van der Waals surface area contributed by atoms with Gasteiger partial charge in [0.2, 0.25) is 5.88 Å². The lowest BCUT2D eigenvalue weighted by atomic mass is 10.1. The van der Waals surface area contributed by atoms with E-state index in [-0.39, 0.29) is 5.88 Å². The van der Waals surface area contributed by atoms with Crippen molar-refractivity contribution in [2.24, 2.45) is 0 Å². The highest BCUT2D eigenvalue weighted by Crippen LogP contribution is 2.34. The molecule has 1 heterocycles. The maximum absolute atomic E-state index is 13.5. The summed E-state index contributed by atoms with van der Waals surface area (Å²) in [5, 5.41) is 4.19. The van der Waals surface area contributed by atoms with Crippen LogP contribution in [0.2, 0.25) is 0 Å². The van der Waals surface area contributed by atoms with Crippen LogP contribution in [0, 0.1) is 6.92 Å². The van der Waals surface area contributed by atoms with Crippen LogP contribution in [-0.2, 0) is 0 Å². The second-order valence-corrected chi connectivity index (χ2v) is 8.56. The largest absolute Gasteiger partial charge is 0.520 e. The molecule has 6 aromatic rings. The molecular weight excluding hydrogens is 466 g/mol. The fourth-order valence-corrected chi connectivity index (χ4v) is 4.58. The second kappa shape index (κ2) is 9.17. The molecule has 0 aliphatic rings. The van der Waals surface area contributed by atoms with E-state index in [0.29, 0.717) is 22.6 Å². The van der Waals surface area contributed by atoms with Gasteiger partial charge in [-0.25, -0.2) is 14.2 Å². The Balaban J connectivity index is 1.37. The number of aryl methyl sites for hydroxylation is 1. The van der Waals surface area contributed by atoms with Crippen LogP contribution in [0.1, 0.15) is 5.56 Å². The van der Waals surface area contributed by atoms with Gasteiger partial charge in [0.05, 0.1) is 5.52 Å². The Hall–Kier alpha value is -5.10. The van der Waals surface area contributed by atoms with Crippen molar-refractivity contribution in [2.75, 3.05) is 0 Å². The van der Waals surface area contributed by atoms with Crippen molar-refractivity contribution in [1.29, 1.82) is 0 Å². The molecule has 5 aromatic carbocycles. The highest BCUT2D eigenvalue weighted by Gasteiger charge is 2.25. The van der Waals surface area contributed by atoms with Crippen molar-refractivity contribution in [3.63, 3.8) is 0 Å². The number of nitrogens with zero attached hydrogens (tertiary/aromatic N) is 1. The van der Waals surface area contributed by atoms with Crippen molar-refractivity contribution in [1.82, 2.24) is 4.57 Å². The Labute approximate surface area is 212 Å². The summed E-state index contributed by atoms with van der Waals surface area (Å²) in [6, 6.07) is 33.4. The topological polar surface area (TPSA) is 66.8 Å². The van der Waals surface area contributed by atoms with Crippen molar-refractivity contribution in [3.8, 4) is 17.4 Å². The minimum atomic E-state index is -0.957. The molecule has 0 aliphatic heterocycles. The molecule has 1 aromatic heterocycles. The number of fused-ring (bicyclic) bond motifs is 3. The summed E-state index contributed by atoms with van der Waals surface area (Å²) in [6.07, 6.45) is -1.66. The lowest BCUT2D eigenvalue weighted by Gasteiger charge is -2.12. The van der Waals surface area contributed by atoms with E-state index in [1.807, 2.05) is 84.9 Å². The Morgan fingerprint density at radius 3 is 1.73 bits per heavy atom. The molecule has 0 bridgehead atoms. The number of aromatic nitrogens is 1. The fourth-order valence-electron chi connectivity index (χ4n) is 4.58. The van der Waals surface area contributed by atoms with Crippen LogP contribution in [0.25, 0.3) is 32.4 Å². The average molecular weight is 488 g/mol. The van der Waals surface area contributed by atoms with E-state index in [1.54, 1.807) is 31.2 Å². The predicted molar refractivity (Wildman–Crippen MR) is 143 cm³/mol. The molecule has 180 valence electrons. The van der Waals surface area contributed by atoms with Gasteiger partial charge < -0.3 is 14.2 Å². The molecule has 6 rings (SSSR count). The number of benzene rings is 5. The fraction of sp³-hybridized carbons (Fsp3) is 0.0323. The van der Waals surface area contributed by atoms with Crippen LogP contribution in [0.5, 0.6) is 17.4 Å². The van der Waals surface area contributed by atoms with Gasteiger partial charge in [0.1, 0.15) is 11.5 Å². The lowest BCUT2D eigenvalue weighted by Crippen LogP contribution is -2.22. The van der Waals surface area contributed by atoms with Crippen LogP contribution >= 0.6 is 0 Å². The standard InChI is InChI=1S/C31H21NO5/c1-20-23-14-6-7-17-26(23)32(30(33)35-27-18-8-12-21-10-2-4-15-24(21)27)29(20)37-31(34)36-28-19-9-13-22-11-3-5-16-25(22)28/h2-19H,1H3. The van der Waals surface area contributed by atoms with Gasteiger partial charge in [0, 0.05) is 21.7 Å². The average Bonchev–Trinajstić information content (AvgIpc) is 3.20. The summed E-state index contributed by atoms with van der Waals surface area (Å²) in [5.41, 5.74) is 1.17. The van der Waals surface area contributed by atoms with E-state index in [0.717, 1.165) is 26.9 Å². The summed E-state index contributed by atoms with van der Waals surface area (Å²) in [6.45, 7) is 1.78. The number of para-hydroxylation sites is 1. The van der Waals surface area contributed by atoms with Crippen LogP contribution < -0.4 is 14.2 Å². The second-order valence-electron chi connectivity index (χ2n) is 8.56. The highest BCUT2D eigenvalue weighted by atomic mass is 16.7. The number of carbonyl (C=O) groups excluding carboxylic acids is 2. The Kier molecular flexibility index (Phi) is 5.54. The van der Waals surface area contributed by atoms with Crippen molar-refractivity contribution in [3.05, 3.63) is 115 Å². The minimum Gasteiger partial charge on any atom is -0.409 e. The Bertz CT molecular complexity index is 1810. The van der Waals surface area contributed by atoms with E-state index in [4.69, 9.17) is 14.2 Å². The molecule has 0 radical (unpaired) electrons. The summed E-state index contributed by atoms with van der Waals surface area (Å²) in [5.74, 6) is 0.807. The SMILES string of the molecule is Cc1c(OC(=O)Oc2cccc3ccccc23)n(C(=O)Oc2cccc3ccccc23)c2ccccc12. The minimum absolute atomic E-state index is 0.0386. The van der Waals surface area contributed by atoms with Crippen molar-refractivity contribution in [2.45, 2.75) is 6.92 Å². The van der Waals surface area contributed by atoms with Gasteiger partial charge in [0.25, 0.3) is 0 Å². The predicted octanol–water partition coefficient (Wildman–Crippen LogP) is 7.88. The van der Waals surface area contributed by atoms with Gasteiger partial charge in [-0.3, -0.25) is 0 Å². The van der Waals surface area contributed by atoms with Crippen LogP contribution in [0.15, 0.2) is 109 Å². The number of hydrogen-bond donors (Lipinski definition) is 0. The van der Waals surface area contributed by atoms with Crippen molar-refractivity contribution < 1.29 is 23.8 Å². The van der Waals surface area contributed by atoms with Gasteiger partial charge in [-0.05, 0) is 35.9 Å². The monoisotopic (exact) mass is 487 g/mol. The molecule has 0 fully saturated rings. The molecule has 6 nitrogen and oxygen atoms in total. The summed E-state index contributed by atoms with van der Waals surface area (Å²) < 4.78 is 18.3. The molecule has 0 N–H and O–H groups in total. The normalized spacial score (nSPS) is 11.1. The van der Waals surface area contributed by atoms with E-state index in [2.05, 4.69) is 0 Å². The zero-order chi connectivity index (χ0) is 25.4. The Morgan fingerprint density at radius 1 is 0.568 bits per heavy atom. The maximum Gasteiger partial charge on any atom is 0.520 e. The zero-order valence-electron chi connectivity index (χ0n) is 19.9. The summed E-state index contributed by atoms with van der Waals surface area (Å²) >= 11 is 0. The molecule has 0 unspecified atom stereocenters. The molecule has 0 aliphatic carbocycles. The van der Waals surface area contributed by atoms with E-state index in [1.165, 1.54) is 4.57 Å². The zero-order valence-corrected chi connectivity index (χ0v) is 19.9. The quantitative estimate of drug-likeness (QED) is 0.188. The molecule has 0 saturated carbocycles. The molecule has 0 amide bonds. The third-order valence-corrected chi connectivity index (χ3v) is 6.33. The number of rotatable bonds is 3. The molecule has 6 heteroatoms. The first kappa shape index (κ1) is 22.4. The number of carbonyl (C=O) groups is 2. The van der Waals surface area contributed by atoms with Crippen LogP contribution in [0.4, 0.5) is 9.59 Å². The number of ether oxygens (including phenoxy) is 3. The highest BCUT2D eigenvalue weighted by molar-refractivity contribution is 5.98. The van der Waals surface area contributed by atoms with Gasteiger partial charge in [0.15, 0.2) is 0 Å². The van der Waals surface area contributed by atoms with Gasteiger partial charge >= 0.3 is 12.2 Å². The van der Waals surface area contributed by atoms with Gasteiger partial charge in [-0.15, -0.1) is 0 Å². The Morgan fingerprint density at radius 2 is 1.08 bits per heavy atom. The molecule has 37 heavy (non-hydrogen) atoms. The van der Waals surface area contributed by atoms with E-state index < -0.39 is 12.2 Å². The van der Waals surface area contributed by atoms with Gasteiger partial charge in [-0.1, -0.05) is 91.0 Å². The lowest BCUT2D eigenvalue weighted by molar-refractivity contribution is 0.148. The first-order valence-corrected chi connectivity index (χ1v) is 11.8. The first-order chi connectivity index (χ1) is 18.1. The molecule has 0 atom stereocenters. The van der Waals surface area contributed by atoms with Gasteiger partial charge in [-0.2, -0.15) is 0 Å². The third kappa shape index (κ3) is 4.04. The molecular formula is C31H21NO5. The summed E-state index contributed by atoms with van der Waals surface area (Å²) in [4.78, 5) is 26.5. The van der Waals surface area contributed by atoms with Crippen molar-refractivity contribution >= 4 is 44.7 Å². The van der Waals surface area contributed by atoms with Crippen LogP contribution in [0.3, 0.4) is 0 Å². The molecule has 0 spiro atoms. The number of hydrogen-bond acceptors (Lipinski definition) is 5. The first-order valence-electron chi connectivity index (χ1n) is 11.8. The smallest absolute Gasteiger partial charge is 0.409 e. The third-order valence-electron chi connectivity index (χ3n) is 6.33. The van der Waals surface area contributed by atoms with E-state index >= 15 is 0 Å². The maximum atomic E-state index is 13.5.